The fourth-order valence-corrected chi connectivity index (χ4v) is 5.12. The predicted octanol–water partition coefficient (Wildman–Crippen LogP) is 3.67. The standard InChI is InChI=1S/C26H27F4N5O4S/c1-2-33-13-18(24(37)38)22(36)17-11-19(27)21(12-20(17)33)34-9-7-32(8-10-34)14-35-25(40)39-23(31-35)15-3-5-16(6-4-15)26(28,29)30/h3-6,11-13,22,25,36,40H,2,7-10,14H2,1H3,(H,37,38). The number of hydrogen-bond donors (Lipinski definition) is 3. The maximum absolute atomic E-state index is 15.2. The number of carboxylic acid groups (broad SMARTS) is 1. The van der Waals surface area contributed by atoms with E-state index in [-0.39, 0.29) is 17.0 Å². The summed E-state index contributed by atoms with van der Waals surface area (Å²) in [4.78, 5) is 17.2. The van der Waals surface area contributed by atoms with Gasteiger partial charge in [0.15, 0.2) is 0 Å². The molecule has 0 aliphatic carbocycles. The third-order valence-electron chi connectivity index (χ3n) is 7.09. The molecule has 40 heavy (non-hydrogen) atoms. The zero-order valence-corrected chi connectivity index (χ0v) is 22.2. The first-order chi connectivity index (χ1) is 19.0. The van der Waals surface area contributed by atoms with Crippen LogP contribution in [-0.4, -0.2) is 76.9 Å². The number of carbonyl (C=O) groups is 1. The summed E-state index contributed by atoms with van der Waals surface area (Å²) in [6, 6.07) is 7.38. The van der Waals surface area contributed by atoms with Crippen LogP contribution in [0.1, 0.15) is 29.7 Å². The van der Waals surface area contributed by atoms with Crippen molar-refractivity contribution in [3.05, 3.63) is 70.7 Å². The average Bonchev–Trinajstić information content (AvgIpc) is 3.28. The second-order valence-corrected chi connectivity index (χ2v) is 9.99. The largest absolute Gasteiger partial charge is 0.478 e. The van der Waals surface area contributed by atoms with Crippen molar-refractivity contribution in [3.63, 3.8) is 0 Å². The van der Waals surface area contributed by atoms with Gasteiger partial charge >= 0.3 is 12.1 Å². The fourth-order valence-electron chi connectivity index (χ4n) is 4.90. The normalized spacial score (nSPS) is 21.6. The highest BCUT2D eigenvalue weighted by atomic mass is 32.1. The van der Waals surface area contributed by atoms with Crippen molar-refractivity contribution in [1.82, 2.24) is 9.91 Å². The number of hydrazone groups is 1. The van der Waals surface area contributed by atoms with Crippen LogP contribution < -0.4 is 9.80 Å². The molecule has 2 atom stereocenters. The van der Waals surface area contributed by atoms with Gasteiger partial charge in [0, 0.05) is 55.7 Å². The van der Waals surface area contributed by atoms with Gasteiger partial charge in [0.2, 0.25) is 11.5 Å². The highest BCUT2D eigenvalue weighted by molar-refractivity contribution is 7.80. The molecule has 2 aromatic rings. The Morgan fingerprint density at radius 3 is 2.40 bits per heavy atom. The Balaban J connectivity index is 1.24. The summed E-state index contributed by atoms with van der Waals surface area (Å²) in [5, 5.41) is 25.9. The van der Waals surface area contributed by atoms with Crippen molar-refractivity contribution in [2.75, 3.05) is 49.2 Å². The highest BCUT2D eigenvalue weighted by Crippen LogP contribution is 2.40. The zero-order chi connectivity index (χ0) is 28.8. The number of ether oxygens (including phenoxy) is 1. The Morgan fingerprint density at radius 1 is 1.12 bits per heavy atom. The molecular formula is C26H27F4N5O4S. The number of rotatable bonds is 6. The number of aliphatic hydroxyl groups is 1. The SMILES string of the molecule is CCN1C=C(C(=O)O)C(O)c2cc(F)c(N3CCN(CN4N=C(c5ccc(C(F)(F)F)cc5)OC4S)CC3)cc21. The number of fused-ring (bicyclic) bond motifs is 1. The van der Waals surface area contributed by atoms with E-state index >= 15 is 4.39 Å². The number of carboxylic acids is 1. The summed E-state index contributed by atoms with van der Waals surface area (Å²) < 4.78 is 59.4. The minimum atomic E-state index is -4.43. The van der Waals surface area contributed by atoms with Crippen molar-refractivity contribution in [2.24, 2.45) is 5.10 Å². The molecule has 3 aliphatic heterocycles. The van der Waals surface area contributed by atoms with Crippen LogP contribution in [0, 0.1) is 5.82 Å². The van der Waals surface area contributed by atoms with E-state index in [1.54, 1.807) is 16.0 Å². The summed E-state index contributed by atoms with van der Waals surface area (Å²) in [5.41, 5.74) is -0.179. The predicted molar refractivity (Wildman–Crippen MR) is 142 cm³/mol. The molecule has 9 nitrogen and oxygen atoms in total. The Labute approximate surface area is 232 Å². The number of benzene rings is 2. The van der Waals surface area contributed by atoms with Gasteiger partial charge in [0.25, 0.3) is 0 Å². The van der Waals surface area contributed by atoms with E-state index in [1.807, 2.05) is 11.8 Å². The molecule has 214 valence electrons. The van der Waals surface area contributed by atoms with Gasteiger partial charge in [-0.05, 0) is 43.3 Å². The number of nitrogens with zero attached hydrogens (tertiary/aromatic N) is 5. The Bertz CT molecular complexity index is 1350. The lowest BCUT2D eigenvalue weighted by Crippen LogP contribution is -2.50. The van der Waals surface area contributed by atoms with Gasteiger partial charge in [-0.2, -0.15) is 13.2 Å². The molecule has 0 radical (unpaired) electrons. The van der Waals surface area contributed by atoms with Gasteiger partial charge in [-0.3, -0.25) is 4.90 Å². The number of piperazine rings is 1. The van der Waals surface area contributed by atoms with E-state index in [0.717, 1.165) is 12.1 Å². The van der Waals surface area contributed by atoms with Gasteiger partial charge < -0.3 is 24.7 Å². The Hall–Kier alpha value is -3.49. The summed E-state index contributed by atoms with van der Waals surface area (Å²) in [6.45, 7) is 4.71. The van der Waals surface area contributed by atoms with Crippen LogP contribution in [0.25, 0.3) is 0 Å². The first kappa shape index (κ1) is 28.1. The molecule has 14 heteroatoms. The molecular weight excluding hydrogens is 554 g/mol. The maximum Gasteiger partial charge on any atom is 0.416 e. The minimum absolute atomic E-state index is 0.172. The zero-order valence-electron chi connectivity index (χ0n) is 21.3. The molecule has 0 amide bonds. The number of anilines is 2. The van der Waals surface area contributed by atoms with E-state index in [1.165, 1.54) is 24.4 Å². The first-order valence-electron chi connectivity index (χ1n) is 12.5. The van der Waals surface area contributed by atoms with Crippen LogP contribution in [0.15, 0.2) is 53.3 Å². The summed E-state index contributed by atoms with van der Waals surface area (Å²) in [7, 11) is 0. The lowest BCUT2D eigenvalue weighted by molar-refractivity contribution is -0.137. The lowest BCUT2D eigenvalue weighted by Gasteiger charge is -2.38. The molecule has 0 saturated carbocycles. The van der Waals surface area contributed by atoms with Crippen molar-refractivity contribution in [2.45, 2.75) is 24.8 Å². The van der Waals surface area contributed by atoms with Gasteiger partial charge in [0.1, 0.15) is 11.9 Å². The smallest absolute Gasteiger partial charge is 0.416 e. The van der Waals surface area contributed by atoms with Gasteiger partial charge in [-0.25, -0.2) is 14.2 Å². The molecule has 2 unspecified atom stereocenters. The van der Waals surface area contributed by atoms with Crippen LogP contribution >= 0.6 is 12.6 Å². The lowest BCUT2D eigenvalue weighted by atomic mass is 9.95. The fraction of sp³-hybridized carbons (Fsp3) is 0.385. The van der Waals surface area contributed by atoms with Gasteiger partial charge in [0.05, 0.1) is 23.5 Å². The van der Waals surface area contributed by atoms with Crippen LogP contribution in [-0.2, 0) is 15.7 Å². The topological polar surface area (TPSA) is 92.1 Å². The number of alkyl halides is 3. The summed E-state index contributed by atoms with van der Waals surface area (Å²) >= 11 is 4.40. The van der Waals surface area contributed by atoms with Crippen molar-refractivity contribution >= 4 is 35.9 Å². The van der Waals surface area contributed by atoms with Crippen LogP contribution in [0.2, 0.25) is 0 Å². The molecule has 5 rings (SSSR count). The van der Waals surface area contributed by atoms with Gasteiger partial charge in [-0.1, -0.05) is 0 Å². The van der Waals surface area contributed by atoms with Crippen LogP contribution in [0.5, 0.6) is 0 Å². The van der Waals surface area contributed by atoms with Crippen molar-refractivity contribution in [1.29, 1.82) is 0 Å². The second-order valence-electron chi connectivity index (χ2n) is 9.55. The average molecular weight is 582 g/mol. The molecule has 1 fully saturated rings. The number of hydrogen-bond acceptors (Lipinski definition) is 9. The summed E-state index contributed by atoms with van der Waals surface area (Å²) in [6.07, 6.45) is -4.49. The Morgan fingerprint density at radius 2 is 1.80 bits per heavy atom. The van der Waals surface area contributed by atoms with Gasteiger partial charge in [-0.15, -0.1) is 17.7 Å². The molecule has 0 bridgehead atoms. The van der Waals surface area contributed by atoms with E-state index in [0.29, 0.717) is 56.3 Å². The quantitative estimate of drug-likeness (QED) is 0.352. The van der Waals surface area contributed by atoms with E-state index in [2.05, 4.69) is 22.6 Å². The minimum Gasteiger partial charge on any atom is -0.478 e. The second kappa shape index (κ2) is 10.8. The maximum atomic E-state index is 15.2. The van der Waals surface area contributed by atoms with Crippen molar-refractivity contribution in [3.8, 4) is 0 Å². The third kappa shape index (κ3) is 5.43. The molecule has 1 saturated heterocycles. The number of halogens is 4. The molecule has 2 N–H and O–H groups in total. The highest BCUT2D eigenvalue weighted by Gasteiger charge is 2.34. The van der Waals surface area contributed by atoms with E-state index in [9.17, 15) is 28.2 Å². The number of aliphatic hydroxyl groups excluding tert-OH is 1. The molecule has 3 aliphatic rings. The number of aliphatic carboxylic acids is 1. The molecule has 0 aromatic heterocycles. The first-order valence-corrected chi connectivity index (χ1v) is 13.1. The molecule has 0 spiro atoms. The van der Waals surface area contributed by atoms with E-state index < -0.39 is 35.2 Å². The molecule has 2 aromatic carbocycles. The van der Waals surface area contributed by atoms with Crippen LogP contribution in [0.4, 0.5) is 28.9 Å². The van der Waals surface area contributed by atoms with Crippen molar-refractivity contribution < 1.29 is 37.3 Å². The van der Waals surface area contributed by atoms with Crippen LogP contribution in [0.3, 0.4) is 0 Å². The molecule has 3 heterocycles. The monoisotopic (exact) mass is 581 g/mol. The number of thiol groups is 1. The Kier molecular flexibility index (Phi) is 7.59. The van der Waals surface area contributed by atoms with E-state index in [4.69, 9.17) is 4.74 Å². The third-order valence-corrected chi connectivity index (χ3v) is 7.46. The summed E-state index contributed by atoms with van der Waals surface area (Å²) in [5.74, 6) is -1.64.